The largest absolute Gasteiger partial charge is 0.366 e. The third-order valence-electron chi connectivity index (χ3n) is 4.99. The molecule has 2 fully saturated rings. The van der Waals surface area contributed by atoms with Crippen molar-refractivity contribution in [2.45, 2.75) is 19.4 Å². The Labute approximate surface area is 159 Å². The van der Waals surface area contributed by atoms with Crippen LogP contribution in [0.2, 0.25) is 0 Å². The van der Waals surface area contributed by atoms with E-state index in [0.717, 1.165) is 37.8 Å². The lowest BCUT2D eigenvalue weighted by Gasteiger charge is -2.36. The fourth-order valence-electron chi connectivity index (χ4n) is 3.61. The van der Waals surface area contributed by atoms with Gasteiger partial charge < -0.3 is 15.1 Å². The van der Waals surface area contributed by atoms with Crippen molar-refractivity contribution in [2.75, 3.05) is 52.8 Å². The summed E-state index contributed by atoms with van der Waals surface area (Å²) in [5, 5.41) is 3.27. The standard InChI is InChI=1S/C18H24N6O2S/c1-14-20-16(22-15-5-11-27(25,26)13-15)12-18(21-14)24-9-7-23(8-10-24)17-4-2-3-6-19-17/h2-4,6,12,15H,5,7-11,13H2,1H3,(H,20,21,22). The Hall–Kier alpha value is -2.42. The average molecular weight is 388 g/mol. The molecule has 0 aliphatic carbocycles. The van der Waals surface area contributed by atoms with Crippen LogP contribution < -0.4 is 15.1 Å². The normalized spacial score (nSPS) is 22.0. The van der Waals surface area contributed by atoms with Gasteiger partial charge in [0.2, 0.25) is 0 Å². The van der Waals surface area contributed by atoms with E-state index in [2.05, 4.69) is 30.1 Å². The first-order chi connectivity index (χ1) is 13.0. The molecule has 0 aromatic carbocycles. The van der Waals surface area contributed by atoms with Gasteiger partial charge in [-0.1, -0.05) is 6.07 Å². The number of nitrogens with zero attached hydrogens (tertiary/aromatic N) is 5. The van der Waals surface area contributed by atoms with Gasteiger partial charge in [0.1, 0.15) is 23.3 Å². The molecular weight excluding hydrogens is 364 g/mol. The van der Waals surface area contributed by atoms with Gasteiger partial charge in [0.25, 0.3) is 0 Å². The zero-order valence-electron chi connectivity index (χ0n) is 15.4. The molecule has 2 aliphatic heterocycles. The van der Waals surface area contributed by atoms with E-state index < -0.39 is 9.84 Å². The molecule has 9 heteroatoms. The van der Waals surface area contributed by atoms with Crippen molar-refractivity contribution < 1.29 is 8.42 Å². The first-order valence-electron chi connectivity index (χ1n) is 9.22. The predicted molar refractivity (Wildman–Crippen MR) is 106 cm³/mol. The van der Waals surface area contributed by atoms with Crippen LogP contribution in [-0.4, -0.2) is 67.1 Å². The second-order valence-corrected chi connectivity index (χ2v) is 9.29. The van der Waals surface area contributed by atoms with E-state index in [-0.39, 0.29) is 17.5 Å². The van der Waals surface area contributed by atoms with Crippen molar-refractivity contribution in [3.05, 3.63) is 36.3 Å². The number of anilines is 3. The van der Waals surface area contributed by atoms with E-state index in [4.69, 9.17) is 0 Å². The summed E-state index contributed by atoms with van der Waals surface area (Å²) in [6.07, 6.45) is 2.44. The Morgan fingerprint density at radius 2 is 1.81 bits per heavy atom. The van der Waals surface area contributed by atoms with E-state index in [9.17, 15) is 8.42 Å². The molecule has 2 aromatic rings. The first kappa shape index (κ1) is 18.0. The maximum atomic E-state index is 11.7. The number of piperazine rings is 1. The lowest BCUT2D eigenvalue weighted by Crippen LogP contribution is -2.47. The summed E-state index contributed by atoms with van der Waals surface area (Å²) in [5.74, 6) is 3.69. The fourth-order valence-corrected chi connectivity index (χ4v) is 5.28. The van der Waals surface area contributed by atoms with Crippen LogP contribution in [0.5, 0.6) is 0 Å². The second kappa shape index (κ2) is 7.30. The van der Waals surface area contributed by atoms with E-state index in [0.29, 0.717) is 18.1 Å². The molecule has 1 atom stereocenters. The number of aromatic nitrogens is 3. The number of hydrogen-bond donors (Lipinski definition) is 1. The van der Waals surface area contributed by atoms with Crippen molar-refractivity contribution >= 4 is 27.3 Å². The Balaban J connectivity index is 1.43. The van der Waals surface area contributed by atoms with Crippen LogP contribution in [0, 0.1) is 6.92 Å². The maximum Gasteiger partial charge on any atom is 0.152 e. The van der Waals surface area contributed by atoms with Gasteiger partial charge in [-0.05, 0) is 25.5 Å². The number of sulfone groups is 1. The van der Waals surface area contributed by atoms with Crippen molar-refractivity contribution in [3.63, 3.8) is 0 Å². The third-order valence-corrected chi connectivity index (χ3v) is 6.75. The fraction of sp³-hybridized carbons (Fsp3) is 0.500. The predicted octanol–water partition coefficient (Wildman–Crippen LogP) is 1.11. The minimum Gasteiger partial charge on any atom is -0.366 e. The van der Waals surface area contributed by atoms with Gasteiger partial charge >= 0.3 is 0 Å². The van der Waals surface area contributed by atoms with Crippen molar-refractivity contribution in [3.8, 4) is 0 Å². The molecular formula is C18H24N6O2S. The Bertz CT molecular complexity index is 897. The van der Waals surface area contributed by atoms with Gasteiger partial charge in [-0.25, -0.2) is 23.4 Å². The average Bonchev–Trinajstić information content (AvgIpc) is 3.00. The monoisotopic (exact) mass is 388 g/mol. The Kier molecular flexibility index (Phi) is 4.86. The van der Waals surface area contributed by atoms with Gasteiger partial charge in [0.15, 0.2) is 9.84 Å². The molecule has 0 saturated carbocycles. The molecule has 4 rings (SSSR count). The Morgan fingerprint density at radius 3 is 2.44 bits per heavy atom. The van der Waals surface area contributed by atoms with E-state index in [1.54, 1.807) is 0 Å². The van der Waals surface area contributed by atoms with E-state index >= 15 is 0 Å². The van der Waals surface area contributed by atoms with Crippen LogP contribution in [0.25, 0.3) is 0 Å². The molecule has 2 saturated heterocycles. The molecule has 1 N–H and O–H groups in total. The summed E-state index contributed by atoms with van der Waals surface area (Å²) in [4.78, 5) is 18.0. The quantitative estimate of drug-likeness (QED) is 0.833. The van der Waals surface area contributed by atoms with Crippen molar-refractivity contribution in [2.24, 2.45) is 0 Å². The molecule has 0 amide bonds. The second-order valence-electron chi connectivity index (χ2n) is 7.06. The summed E-state index contributed by atoms with van der Waals surface area (Å²) >= 11 is 0. The van der Waals surface area contributed by atoms with Gasteiger partial charge in [-0.2, -0.15) is 0 Å². The molecule has 0 spiro atoms. The summed E-state index contributed by atoms with van der Waals surface area (Å²) in [6, 6.07) is 7.81. The number of nitrogens with one attached hydrogen (secondary N) is 1. The molecule has 0 bridgehead atoms. The maximum absolute atomic E-state index is 11.7. The molecule has 1 unspecified atom stereocenters. The highest BCUT2D eigenvalue weighted by molar-refractivity contribution is 7.91. The van der Waals surface area contributed by atoms with Crippen molar-refractivity contribution in [1.29, 1.82) is 0 Å². The number of aryl methyl sites for hydroxylation is 1. The molecule has 0 radical (unpaired) electrons. The van der Waals surface area contributed by atoms with Crippen LogP contribution in [-0.2, 0) is 9.84 Å². The number of rotatable bonds is 4. The van der Waals surface area contributed by atoms with Gasteiger partial charge in [-0.3, -0.25) is 0 Å². The summed E-state index contributed by atoms with van der Waals surface area (Å²) < 4.78 is 23.3. The third kappa shape index (κ3) is 4.29. The highest BCUT2D eigenvalue weighted by Crippen LogP contribution is 2.22. The molecule has 8 nitrogen and oxygen atoms in total. The topological polar surface area (TPSA) is 91.3 Å². The number of pyridine rings is 1. The van der Waals surface area contributed by atoms with Crippen LogP contribution >= 0.6 is 0 Å². The summed E-state index contributed by atoms with van der Waals surface area (Å²) in [7, 11) is -2.92. The molecule has 2 aromatic heterocycles. The Morgan fingerprint density at radius 1 is 1.07 bits per heavy atom. The number of hydrogen-bond acceptors (Lipinski definition) is 8. The highest BCUT2D eigenvalue weighted by atomic mass is 32.2. The smallest absolute Gasteiger partial charge is 0.152 e. The van der Waals surface area contributed by atoms with Gasteiger partial charge in [0, 0.05) is 44.5 Å². The van der Waals surface area contributed by atoms with Crippen molar-refractivity contribution in [1.82, 2.24) is 15.0 Å². The lowest BCUT2D eigenvalue weighted by atomic mass is 10.2. The summed E-state index contributed by atoms with van der Waals surface area (Å²) in [6.45, 7) is 5.33. The molecule has 144 valence electrons. The zero-order valence-corrected chi connectivity index (χ0v) is 16.2. The lowest BCUT2D eigenvalue weighted by molar-refractivity contribution is 0.602. The van der Waals surface area contributed by atoms with Gasteiger partial charge in [-0.15, -0.1) is 0 Å². The van der Waals surface area contributed by atoms with Crippen LogP contribution in [0.4, 0.5) is 17.5 Å². The molecule has 2 aliphatic rings. The highest BCUT2D eigenvalue weighted by Gasteiger charge is 2.28. The van der Waals surface area contributed by atoms with E-state index in [1.165, 1.54) is 0 Å². The van der Waals surface area contributed by atoms with Crippen LogP contribution in [0.15, 0.2) is 30.5 Å². The zero-order chi connectivity index (χ0) is 18.9. The summed E-state index contributed by atoms with van der Waals surface area (Å²) in [5.41, 5.74) is 0. The molecule has 4 heterocycles. The minimum atomic E-state index is -2.92. The van der Waals surface area contributed by atoms with E-state index in [1.807, 2.05) is 37.4 Å². The van der Waals surface area contributed by atoms with Crippen LogP contribution in [0.1, 0.15) is 12.2 Å². The van der Waals surface area contributed by atoms with Gasteiger partial charge in [0.05, 0.1) is 11.5 Å². The first-order valence-corrected chi connectivity index (χ1v) is 11.0. The minimum absolute atomic E-state index is 0.0712. The molecule has 27 heavy (non-hydrogen) atoms. The van der Waals surface area contributed by atoms with Crippen LogP contribution in [0.3, 0.4) is 0 Å². The SMILES string of the molecule is Cc1nc(NC2CCS(=O)(=O)C2)cc(N2CCN(c3ccccn3)CC2)n1.